The first kappa shape index (κ1) is 8.56. The highest BCUT2D eigenvalue weighted by molar-refractivity contribution is 9.11. The molecule has 0 saturated heterocycles. The molecule has 0 radical (unpaired) electrons. The van der Waals surface area contributed by atoms with Gasteiger partial charge in [-0.25, -0.2) is 9.38 Å². The Hall–Kier alpha value is -1.03. The van der Waals surface area contributed by atoms with Crippen LogP contribution in [0.15, 0.2) is 39.6 Å². The molecule has 0 saturated carbocycles. The number of nitrogens with zero attached hydrogens (tertiary/aromatic N) is 1. The number of rotatable bonds is 0. The van der Waals surface area contributed by atoms with Crippen LogP contribution in [0.3, 0.4) is 0 Å². The lowest BCUT2D eigenvalue weighted by Crippen LogP contribution is -2.17. The maximum atomic E-state index is 13.0. The number of carbonyl (C=O) groups is 1. The molecule has 13 heavy (non-hydrogen) atoms. The van der Waals surface area contributed by atoms with E-state index in [0.29, 0.717) is 10.2 Å². The molecule has 1 amide bonds. The fraction of sp³-hybridized carbons (Fsp3) is 0.111. The van der Waals surface area contributed by atoms with E-state index in [1.54, 1.807) is 12.2 Å². The normalized spacial score (nSPS) is 26.2. The summed E-state index contributed by atoms with van der Waals surface area (Å²) in [4.78, 5) is 14.5. The summed E-state index contributed by atoms with van der Waals surface area (Å²) in [5, 5.41) is 0. The molecule has 66 valence electrons. The Morgan fingerprint density at radius 1 is 1.54 bits per heavy atom. The number of fused-ring (bicyclic) bond motifs is 1. The van der Waals surface area contributed by atoms with E-state index >= 15 is 0 Å². The number of amides is 1. The minimum Gasteiger partial charge on any atom is -0.267 e. The molecule has 4 heteroatoms. The third-order valence-electron chi connectivity index (χ3n) is 1.86. The van der Waals surface area contributed by atoms with Gasteiger partial charge in [-0.05, 0) is 22.0 Å². The fourth-order valence-corrected chi connectivity index (χ4v) is 1.63. The molecular weight excluding hydrogens is 237 g/mol. The van der Waals surface area contributed by atoms with Crippen molar-refractivity contribution in [3.8, 4) is 0 Å². The second-order valence-corrected chi connectivity index (χ2v) is 3.62. The molecule has 2 nitrogen and oxygen atoms in total. The van der Waals surface area contributed by atoms with Crippen molar-refractivity contribution in [2.45, 2.75) is 0 Å². The lowest BCUT2D eigenvalue weighted by Gasteiger charge is -2.16. The lowest BCUT2D eigenvalue weighted by molar-refractivity contribution is -0.113. The van der Waals surface area contributed by atoms with Crippen molar-refractivity contribution in [3.63, 3.8) is 0 Å². The van der Waals surface area contributed by atoms with Crippen LogP contribution < -0.4 is 0 Å². The first-order valence-electron chi connectivity index (χ1n) is 3.72. The van der Waals surface area contributed by atoms with Gasteiger partial charge in [0.25, 0.3) is 5.91 Å². The van der Waals surface area contributed by atoms with E-state index in [2.05, 4.69) is 20.9 Å². The highest BCUT2D eigenvalue weighted by Crippen LogP contribution is 2.28. The molecule has 1 aliphatic carbocycles. The zero-order valence-electron chi connectivity index (χ0n) is 6.50. The molecule has 1 atom stereocenters. The predicted molar refractivity (Wildman–Crippen MR) is 51.3 cm³/mol. The van der Waals surface area contributed by atoms with Crippen molar-refractivity contribution in [2.75, 3.05) is 0 Å². The SMILES string of the molecule is O=C1C=CC2C=C(Br)C(F)=CC2=N1. The van der Waals surface area contributed by atoms with E-state index in [4.69, 9.17) is 0 Å². The molecule has 0 spiro atoms. The second-order valence-electron chi connectivity index (χ2n) is 2.77. The van der Waals surface area contributed by atoms with Crippen LogP contribution in [-0.4, -0.2) is 11.6 Å². The van der Waals surface area contributed by atoms with Gasteiger partial charge < -0.3 is 0 Å². The minimum absolute atomic E-state index is 0.0772. The molecule has 0 bridgehead atoms. The standard InChI is InChI=1S/C9H5BrFNO/c10-6-3-5-1-2-9(13)12-8(5)4-7(6)11/h1-5H. The van der Waals surface area contributed by atoms with Gasteiger partial charge in [-0.3, -0.25) is 4.79 Å². The van der Waals surface area contributed by atoms with Crippen molar-refractivity contribution in [1.82, 2.24) is 0 Å². The van der Waals surface area contributed by atoms with E-state index in [-0.39, 0.29) is 11.8 Å². The Morgan fingerprint density at radius 2 is 2.31 bits per heavy atom. The summed E-state index contributed by atoms with van der Waals surface area (Å²) in [5.74, 6) is -0.800. The molecule has 0 aromatic heterocycles. The van der Waals surface area contributed by atoms with Crippen LogP contribution in [0.4, 0.5) is 4.39 Å². The van der Waals surface area contributed by atoms with Crippen LogP contribution in [0.25, 0.3) is 0 Å². The van der Waals surface area contributed by atoms with Gasteiger partial charge in [0, 0.05) is 12.0 Å². The summed E-state index contributed by atoms with van der Waals surface area (Å²) >= 11 is 3.07. The maximum absolute atomic E-state index is 13.0. The van der Waals surface area contributed by atoms with Crippen LogP contribution in [0.1, 0.15) is 0 Å². The number of hydrogen-bond donors (Lipinski definition) is 0. The molecule has 2 rings (SSSR count). The summed E-state index contributed by atoms with van der Waals surface area (Å²) in [6, 6.07) is 0. The van der Waals surface area contributed by atoms with Gasteiger partial charge in [0.2, 0.25) is 0 Å². The van der Waals surface area contributed by atoms with Gasteiger partial charge in [-0.1, -0.05) is 12.2 Å². The van der Waals surface area contributed by atoms with E-state index in [0.717, 1.165) is 0 Å². The van der Waals surface area contributed by atoms with Crippen LogP contribution >= 0.6 is 15.9 Å². The van der Waals surface area contributed by atoms with Gasteiger partial charge in [0.1, 0.15) is 5.83 Å². The number of allylic oxidation sites excluding steroid dienone is 5. The number of aliphatic imine (C=N–C) groups is 1. The largest absolute Gasteiger partial charge is 0.269 e. The zero-order chi connectivity index (χ0) is 9.42. The summed E-state index contributed by atoms with van der Waals surface area (Å²) < 4.78 is 13.4. The molecule has 0 fully saturated rings. The smallest absolute Gasteiger partial charge is 0.267 e. The molecule has 1 aliphatic heterocycles. The molecule has 1 heterocycles. The average Bonchev–Trinajstić information content (AvgIpc) is 2.08. The van der Waals surface area contributed by atoms with Crippen molar-refractivity contribution in [1.29, 1.82) is 0 Å². The number of halogens is 2. The summed E-state index contributed by atoms with van der Waals surface area (Å²) in [6.07, 6.45) is 6.05. The quantitative estimate of drug-likeness (QED) is 0.640. The van der Waals surface area contributed by atoms with Crippen LogP contribution in [0, 0.1) is 5.92 Å². The topological polar surface area (TPSA) is 29.4 Å². The van der Waals surface area contributed by atoms with Crippen molar-refractivity contribution >= 4 is 27.5 Å². The predicted octanol–water partition coefficient (Wildman–Crippen LogP) is 2.29. The van der Waals surface area contributed by atoms with Gasteiger partial charge in [0.15, 0.2) is 0 Å². The van der Waals surface area contributed by atoms with Crippen molar-refractivity contribution < 1.29 is 9.18 Å². The molecular formula is C9H5BrFNO. The third-order valence-corrected chi connectivity index (χ3v) is 2.50. The second kappa shape index (κ2) is 3.03. The monoisotopic (exact) mass is 241 g/mol. The molecule has 1 unspecified atom stereocenters. The highest BCUT2D eigenvalue weighted by atomic mass is 79.9. The van der Waals surface area contributed by atoms with E-state index < -0.39 is 5.83 Å². The maximum Gasteiger partial charge on any atom is 0.269 e. The van der Waals surface area contributed by atoms with Crippen LogP contribution in [-0.2, 0) is 4.79 Å². The Kier molecular flexibility index (Phi) is 2.00. The van der Waals surface area contributed by atoms with Gasteiger partial charge in [-0.15, -0.1) is 0 Å². The lowest BCUT2D eigenvalue weighted by atomic mass is 9.95. The Balaban J connectivity index is 2.43. The number of carbonyl (C=O) groups excluding carboxylic acids is 1. The van der Waals surface area contributed by atoms with Gasteiger partial charge in [-0.2, -0.15) is 0 Å². The third kappa shape index (κ3) is 1.54. The van der Waals surface area contributed by atoms with Crippen molar-refractivity contribution in [2.24, 2.45) is 10.9 Å². The summed E-state index contributed by atoms with van der Waals surface area (Å²) in [6.45, 7) is 0. The Bertz CT molecular complexity index is 392. The minimum atomic E-state index is -0.391. The first-order chi connectivity index (χ1) is 6.16. The summed E-state index contributed by atoms with van der Waals surface area (Å²) in [5.41, 5.74) is 0.466. The Morgan fingerprint density at radius 3 is 3.08 bits per heavy atom. The van der Waals surface area contributed by atoms with Crippen LogP contribution in [0.2, 0.25) is 0 Å². The number of dihydropyridines is 1. The van der Waals surface area contributed by atoms with Gasteiger partial charge in [0.05, 0.1) is 10.2 Å². The zero-order valence-corrected chi connectivity index (χ0v) is 8.08. The Labute approximate surface area is 82.7 Å². The first-order valence-corrected chi connectivity index (χ1v) is 4.52. The van der Waals surface area contributed by atoms with Gasteiger partial charge >= 0.3 is 0 Å². The fourth-order valence-electron chi connectivity index (χ4n) is 1.23. The van der Waals surface area contributed by atoms with E-state index in [9.17, 15) is 9.18 Å². The molecule has 0 N–H and O–H groups in total. The van der Waals surface area contributed by atoms with E-state index in [1.807, 2.05) is 0 Å². The summed E-state index contributed by atoms with van der Waals surface area (Å²) in [7, 11) is 0. The molecule has 0 aromatic rings. The molecule has 2 aliphatic rings. The van der Waals surface area contributed by atoms with Crippen molar-refractivity contribution in [3.05, 3.63) is 34.6 Å². The average molecular weight is 242 g/mol. The number of hydrogen-bond acceptors (Lipinski definition) is 1. The molecule has 0 aromatic carbocycles. The van der Waals surface area contributed by atoms with E-state index in [1.165, 1.54) is 12.2 Å². The van der Waals surface area contributed by atoms with Crippen LogP contribution in [0.5, 0.6) is 0 Å². The highest BCUT2D eigenvalue weighted by Gasteiger charge is 2.21.